The van der Waals surface area contributed by atoms with Crippen LogP contribution < -0.4 is 5.32 Å². The van der Waals surface area contributed by atoms with E-state index in [-0.39, 0.29) is 23.7 Å². The molecule has 0 aliphatic heterocycles. The van der Waals surface area contributed by atoms with Crippen molar-refractivity contribution in [2.45, 2.75) is 31.6 Å². The molecule has 0 saturated heterocycles. The molecular formula is C23H21F5N+. The minimum atomic E-state index is -4.38. The minimum absolute atomic E-state index is 0.0708. The van der Waals surface area contributed by atoms with E-state index in [2.05, 4.69) is 0 Å². The zero-order valence-electron chi connectivity index (χ0n) is 15.8. The number of rotatable bonds is 6. The van der Waals surface area contributed by atoms with Crippen LogP contribution in [0.4, 0.5) is 22.0 Å². The van der Waals surface area contributed by atoms with Crippen LogP contribution in [0.2, 0.25) is 0 Å². The normalized spacial score (nSPS) is 12.9. The lowest BCUT2D eigenvalue weighted by molar-refractivity contribution is -0.716. The Hall–Kier alpha value is -2.73. The molecule has 1 nitrogen and oxygen atoms in total. The average molecular weight is 406 g/mol. The third kappa shape index (κ3) is 5.64. The molecule has 29 heavy (non-hydrogen) atoms. The summed E-state index contributed by atoms with van der Waals surface area (Å²) in [5, 5.41) is 2.00. The fourth-order valence-corrected chi connectivity index (χ4v) is 3.40. The summed E-state index contributed by atoms with van der Waals surface area (Å²) in [6.45, 7) is 1.92. The van der Waals surface area contributed by atoms with Crippen LogP contribution in [0.5, 0.6) is 0 Å². The van der Waals surface area contributed by atoms with Crippen LogP contribution in [0.1, 0.15) is 35.2 Å². The Morgan fingerprint density at radius 1 is 0.793 bits per heavy atom. The van der Waals surface area contributed by atoms with Crippen LogP contribution in [0, 0.1) is 11.6 Å². The Morgan fingerprint density at radius 3 is 1.79 bits per heavy atom. The van der Waals surface area contributed by atoms with Crippen LogP contribution >= 0.6 is 0 Å². The lowest BCUT2D eigenvalue weighted by Gasteiger charge is -2.21. The van der Waals surface area contributed by atoms with Crippen LogP contribution in [-0.2, 0) is 12.6 Å². The smallest absolute Gasteiger partial charge is 0.334 e. The largest absolute Gasteiger partial charge is 0.416 e. The van der Waals surface area contributed by atoms with Gasteiger partial charge in [0.05, 0.1) is 11.6 Å². The first-order chi connectivity index (χ1) is 13.7. The molecule has 2 N–H and O–H groups in total. The van der Waals surface area contributed by atoms with Gasteiger partial charge >= 0.3 is 6.18 Å². The third-order valence-corrected chi connectivity index (χ3v) is 4.79. The summed E-state index contributed by atoms with van der Waals surface area (Å²) < 4.78 is 65.5. The Kier molecular flexibility index (Phi) is 6.33. The number of benzene rings is 3. The Labute approximate surface area is 166 Å². The van der Waals surface area contributed by atoms with Gasteiger partial charge in [-0.15, -0.1) is 0 Å². The zero-order chi connectivity index (χ0) is 21.0. The first kappa shape index (κ1) is 21.0. The summed E-state index contributed by atoms with van der Waals surface area (Å²) in [5.74, 6) is -0.716. The number of halogens is 5. The van der Waals surface area contributed by atoms with E-state index in [0.29, 0.717) is 12.0 Å². The molecule has 0 aliphatic rings. The molecule has 0 bridgehead atoms. The van der Waals surface area contributed by atoms with Gasteiger partial charge in [0.15, 0.2) is 0 Å². The minimum Gasteiger partial charge on any atom is -0.334 e. The molecule has 0 unspecified atom stereocenters. The van der Waals surface area contributed by atoms with Crippen LogP contribution in [0.25, 0.3) is 0 Å². The highest BCUT2D eigenvalue weighted by atomic mass is 19.4. The Bertz CT molecular complexity index is 887. The maximum atomic E-state index is 13.3. The number of hydrogen-bond acceptors (Lipinski definition) is 0. The first-order valence-electron chi connectivity index (χ1n) is 9.24. The lowest BCUT2D eigenvalue weighted by atomic mass is 9.96. The van der Waals surface area contributed by atoms with Gasteiger partial charge in [0.1, 0.15) is 17.7 Å². The van der Waals surface area contributed by atoms with E-state index in [4.69, 9.17) is 0 Å². The van der Waals surface area contributed by atoms with Gasteiger partial charge in [0, 0.05) is 17.5 Å². The predicted molar refractivity (Wildman–Crippen MR) is 101 cm³/mol. The summed E-state index contributed by atoms with van der Waals surface area (Å²) in [7, 11) is 0. The average Bonchev–Trinajstić information content (AvgIpc) is 2.67. The van der Waals surface area contributed by atoms with Crippen molar-refractivity contribution < 1.29 is 27.3 Å². The number of hydrogen-bond donors (Lipinski definition) is 1. The number of alkyl halides is 3. The molecule has 0 radical (unpaired) electrons. The summed E-state index contributed by atoms with van der Waals surface area (Å²) in [5.41, 5.74) is 1.57. The van der Waals surface area contributed by atoms with E-state index in [1.165, 1.54) is 30.3 Å². The molecular weight excluding hydrogens is 385 g/mol. The maximum Gasteiger partial charge on any atom is 0.416 e. The van der Waals surface area contributed by atoms with Crippen LogP contribution in [0.15, 0.2) is 72.8 Å². The van der Waals surface area contributed by atoms with E-state index < -0.39 is 11.7 Å². The summed E-state index contributed by atoms with van der Waals surface area (Å²) in [6.07, 6.45) is -3.96. The van der Waals surface area contributed by atoms with E-state index in [9.17, 15) is 22.0 Å². The molecule has 0 spiro atoms. The van der Waals surface area contributed by atoms with Gasteiger partial charge < -0.3 is 5.32 Å². The molecule has 0 aliphatic carbocycles. The van der Waals surface area contributed by atoms with E-state index in [1.807, 2.05) is 12.2 Å². The van der Waals surface area contributed by atoms with Gasteiger partial charge in [0.25, 0.3) is 0 Å². The van der Waals surface area contributed by atoms with Crippen LogP contribution in [-0.4, -0.2) is 6.04 Å². The van der Waals surface area contributed by atoms with Gasteiger partial charge in [-0.3, -0.25) is 0 Å². The molecule has 3 aromatic rings. The standard InChI is InChI=1S/C23H20F5N/c1-15(13-16-3-2-4-19(14-16)23(26,27)28)29-22(17-5-9-20(24)10-6-17)18-7-11-21(25)12-8-18/h2-12,14-15,22,29H,13H2,1H3/p+1/t15-/m0/s1. The molecule has 0 saturated carbocycles. The molecule has 0 fully saturated rings. The first-order valence-corrected chi connectivity index (χ1v) is 9.24. The van der Waals surface area contributed by atoms with Gasteiger partial charge in [-0.2, -0.15) is 13.2 Å². The Morgan fingerprint density at radius 2 is 1.31 bits per heavy atom. The molecule has 6 heteroatoms. The summed E-state index contributed by atoms with van der Waals surface area (Å²) in [6, 6.07) is 17.1. The zero-order valence-corrected chi connectivity index (χ0v) is 15.8. The predicted octanol–water partition coefficient (Wildman–Crippen LogP) is 5.27. The molecule has 3 rings (SSSR count). The summed E-state index contributed by atoms with van der Waals surface area (Å²) in [4.78, 5) is 0. The van der Waals surface area contributed by atoms with Crippen molar-refractivity contribution in [3.8, 4) is 0 Å². The quantitative estimate of drug-likeness (QED) is 0.538. The monoisotopic (exact) mass is 406 g/mol. The SMILES string of the molecule is C[C@@H](Cc1cccc(C(F)(F)F)c1)[NH2+]C(c1ccc(F)cc1)c1ccc(F)cc1. The maximum absolute atomic E-state index is 13.3. The van der Waals surface area contributed by atoms with Gasteiger partial charge in [0.2, 0.25) is 0 Å². The van der Waals surface area contributed by atoms with Crippen molar-refractivity contribution in [2.75, 3.05) is 0 Å². The fourth-order valence-electron chi connectivity index (χ4n) is 3.40. The van der Waals surface area contributed by atoms with Crippen molar-refractivity contribution in [3.63, 3.8) is 0 Å². The third-order valence-electron chi connectivity index (χ3n) is 4.79. The second-order valence-electron chi connectivity index (χ2n) is 7.15. The van der Waals surface area contributed by atoms with Crippen molar-refractivity contribution in [1.82, 2.24) is 0 Å². The second-order valence-corrected chi connectivity index (χ2v) is 7.15. The van der Waals surface area contributed by atoms with Gasteiger partial charge in [-0.25, -0.2) is 8.78 Å². The van der Waals surface area contributed by atoms with E-state index in [1.54, 1.807) is 30.3 Å². The topological polar surface area (TPSA) is 16.6 Å². The fraction of sp³-hybridized carbons (Fsp3) is 0.217. The van der Waals surface area contributed by atoms with Crippen molar-refractivity contribution in [1.29, 1.82) is 0 Å². The van der Waals surface area contributed by atoms with Crippen LogP contribution in [0.3, 0.4) is 0 Å². The molecule has 0 heterocycles. The second kappa shape index (κ2) is 8.74. The number of quaternary nitrogens is 1. The summed E-state index contributed by atoms with van der Waals surface area (Å²) >= 11 is 0. The number of nitrogens with two attached hydrogens (primary N) is 1. The molecule has 0 amide bonds. The molecule has 0 aromatic heterocycles. The highest BCUT2D eigenvalue weighted by Crippen LogP contribution is 2.29. The van der Waals surface area contributed by atoms with Crippen molar-refractivity contribution >= 4 is 0 Å². The lowest BCUT2D eigenvalue weighted by Crippen LogP contribution is -2.90. The molecule has 1 atom stereocenters. The van der Waals surface area contributed by atoms with E-state index >= 15 is 0 Å². The van der Waals surface area contributed by atoms with Gasteiger partial charge in [-0.1, -0.05) is 18.2 Å². The van der Waals surface area contributed by atoms with E-state index in [0.717, 1.165) is 23.3 Å². The van der Waals surface area contributed by atoms with Crippen molar-refractivity contribution in [2.24, 2.45) is 0 Å². The Balaban J connectivity index is 1.82. The molecule has 152 valence electrons. The highest BCUT2D eigenvalue weighted by Gasteiger charge is 2.30. The van der Waals surface area contributed by atoms with Crippen molar-refractivity contribution in [3.05, 3.63) is 107 Å². The molecule has 3 aromatic carbocycles. The highest BCUT2D eigenvalue weighted by molar-refractivity contribution is 5.30. The van der Waals surface area contributed by atoms with Gasteiger partial charge in [-0.05, 0) is 67.1 Å².